The number of carbonyl (C=O) groups is 1. The van der Waals surface area contributed by atoms with E-state index in [0.717, 1.165) is 29.9 Å². The SMILES string of the molecule is CC(Br)C(=O)Nc1ccc(-c2nnnn2C2CC2)cc1. The molecule has 1 fully saturated rings. The number of alkyl halides is 1. The highest BCUT2D eigenvalue weighted by atomic mass is 79.9. The van der Waals surface area contributed by atoms with Gasteiger partial charge in [0.15, 0.2) is 5.82 Å². The highest BCUT2D eigenvalue weighted by Gasteiger charge is 2.28. The van der Waals surface area contributed by atoms with E-state index in [1.54, 1.807) is 6.92 Å². The number of nitrogens with one attached hydrogen (secondary N) is 1. The van der Waals surface area contributed by atoms with Crippen molar-refractivity contribution in [2.45, 2.75) is 30.6 Å². The first-order chi connectivity index (χ1) is 9.65. The molecule has 1 aromatic carbocycles. The molecule has 0 bridgehead atoms. The molecule has 0 radical (unpaired) electrons. The van der Waals surface area contributed by atoms with Crippen molar-refractivity contribution in [1.82, 2.24) is 20.2 Å². The molecule has 0 saturated heterocycles. The molecule has 1 aliphatic rings. The van der Waals surface area contributed by atoms with Crippen LogP contribution in [0.1, 0.15) is 25.8 Å². The highest BCUT2D eigenvalue weighted by molar-refractivity contribution is 9.10. The van der Waals surface area contributed by atoms with E-state index >= 15 is 0 Å². The second-order valence-electron chi connectivity index (χ2n) is 4.86. The summed E-state index contributed by atoms with van der Waals surface area (Å²) in [6.07, 6.45) is 2.27. The minimum absolute atomic E-state index is 0.0689. The summed E-state index contributed by atoms with van der Waals surface area (Å²) < 4.78 is 1.87. The van der Waals surface area contributed by atoms with Gasteiger partial charge in [-0.15, -0.1) is 5.10 Å². The highest BCUT2D eigenvalue weighted by Crippen LogP contribution is 2.36. The van der Waals surface area contributed by atoms with Gasteiger partial charge < -0.3 is 5.32 Å². The van der Waals surface area contributed by atoms with Gasteiger partial charge in [-0.1, -0.05) is 15.9 Å². The normalized spacial score (nSPS) is 15.9. The lowest BCUT2D eigenvalue weighted by Crippen LogP contribution is -2.19. The minimum Gasteiger partial charge on any atom is -0.325 e. The van der Waals surface area contributed by atoms with Crippen molar-refractivity contribution in [3.05, 3.63) is 24.3 Å². The van der Waals surface area contributed by atoms with Gasteiger partial charge >= 0.3 is 0 Å². The van der Waals surface area contributed by atoms with Crippen LogP contribution in [0.2, 0.25) is 0 Å². The summed E-state index contributed by atoms with van der Waals surface area (Å²) in [5, 5.41) is 14.7. The molecule has 1 saturated carbocycles. The van der Waals surface area contributed by atoms with Crippen LogP contribution in [-0.2, 0) is 4.79 Å². The van der Waals surface area contributed by atoms with Crippen molar-refractivity contribution in [1.29, 1.82) is 0 Å². The quantitative estimate of drug-likeness (QED) is 0.870. The van der Waals surface area contributed by atoms with E-state index in [4.69, 9.17) is 0 Å². The Morgan fingerprint density at radius 3 is 2.70 bits per heavy atom. The Bertz CT molecular complexity index is 618. The van der Waals surface area contributed by atoms with Gasteiger partial charge in [-0.25, -0.2) is 4.68 Å². The number of rotatable bonds is 4. The third-order valence-corrected chi connectivity index (χ3v) is 3.57. The van der Waals surface area contributed by atoms with Crippen LogP contribution >= 0.6 is 15.9 Å². The Morgan fingerprint density at radius 1 is 1.40 bits per heavy atom. The number of halogens is 1. The molecule has 3 rings (SSSR count). The van der Waals surface area contributed by atoms with E-state index < -0.39 is 0 Å². The van der Waals surface area contributed by atoms with E-state index in [1.165, 1.54) is 0 Å². The fourth-order valence-corrected chi connectivity index (χ4v) is 2.01. The number of benzene rings is 1. The maximum Gasteiger partial charge on any atom is 0.237 e. The number of tetrazole rings is 1. The van der Waals surface area contributed by atoms with E-state index in [-0.39, 0.29) is 10.7 Å². The zero-order valence-corrected chi connectivity index (χ0v) is 12.5. The molecule has 1 atom stereocenters. The molecular formula is C13H14BrN5O. The Hall–Kier alpha value is -1.76. The van der Waals surface area contributed by atoms with E-state index in [0.29, 0.717) is 6.04 Å². The van der Waals surface area contributed by atoms with E-state index in [9.17, 15) is 4.79 Å². The molecule has 2 aromatic rings. The lowest BCUT2D eigenvalue weighted by molar-refractivity contribution is -0.115. The van der Waals surface area contributed by atoms with Crippen LogP contribution in [0, 0.1) is 0 Å². The van der Waals surface area contributed by atoms with Crippen LogP contribution in [0.4, 0.5) is 5.69 Å². The lowest BCUT2D eigenvalue weighted by Gasteiger charge is -2.07. The topological polar surface area (TPSA) is 72.7 Å². The molecule has 0 spiro atoms. The molecular weight excluding hydrogens is 322 g/mol. The Morgan fingerprint density at radius 2 is 2.10 bits per heavy atom. The zero-order valence-electron chi connectivity index (χ0n) is 11.0. The minimum atomic E-state index is -0.218. The molecule has 1 amide bonds. The van der Waals surface area contributed by atoms with Gasteiger partial charge in [-0.3, -0.25) is 4.79 Å². The van der Waals surface area contributed by atoms with Crippen molar-refractivity contribution in [3.63, 3.8) is 0 Å². The Kier molecular flexibility index (Phi) is 3.52. The smallest absolute Gasteiger partial charge is 0.237 e. The first-order valence-corrected chi connectivity index (χ1v) is 7.40. The predicted octanol–water partition coefficient (Wildman–Crippen LogP) is 2.40. The van der Waals surface area contributed by atoms with Gasteiger partial charge in [0.25, 0.3) is 0 Å². The second-order valence-corrected chi connectivity index (χ2v) is 6.23. The number of hydrogen-bond acceptors (Lipinski definition) is 4. The molecule has 0 aliphatic heterocycles. The Balaban J connectivity index is 1.79. The largest absolute Gasteiger partial charge is 0.325 e. The van der Waals surface area contributed by atoms with Gasteiger partial charge in [0.2, 0.25) is 5.91 Å². The van der Waals surface area contributed by atoms with Crippen LogP contribution in [-0.4, -0.2) is 30.9 Å². The van der Waals surface area contributed by atoms with Crippen molar-refractivity contribution in [2.75, 3.05) is 5.32 Å². The number of nitrogens with zero attached hydrogens (tertiary/aromatic N) is 4. The van der Waals surface area contributed by atoms with Gasteiger partial charge in [-0.2, -0.15) is 0 Å². The van der Waals surface area contributed by atoms with Gasteiger partial charge in [0.1, 0.15) is 0 Å². The average Bonchev–Trinajstić information content (AvgIpc) is 3.17. The third-order valence-electron chi connectivity index (χ3n) is 3.16. The zero-order chi connectivity index (χ0) is 14.1. The number of amides is 1. The molecule has 1 aliphatic carbocycles. The maximum absolute atomic E-state index is 11.6. The molecule has 1 aromatic heterocycles. The van der Waals surface area contributed by atoms with Crippen molar-refractivity contribution < 1.29 is 4.79 Å². The maximum atomic E-state index is 11.6. The molecule has 104 valence electrons. The summed E-state index contributed by atoms with van der Waals surface area (Å²) >= 11 is 3.23. The predicted molar refractivity (Wildman–Crippen MR) is 78.5 cm³/mol. The molecule has 1 heterocycles. The standard InChI is InChI=1S/C13H14BrN5O/c1-8(14)13(20)15-10-4-2-9(3-5-10)12-16-17-18-19(12)11-6-7-11/h2-5,8,11H,6-7H2,1H3,(H,15,20). The van der Waals surface area contributed by atoms with Crippen LogP contribution in [0.25, 0.3) is 11.4 Å². The molecule has 7 heteroatoms. The van der Waals surface area contributed by atoms with E-state index in [2.05, 4.69) is 36.8 Å². The molecule has 1 unspecified atom stereocenters. The van der Waals surface area contributed by atoms with Crippen molar-refractivity contribution in [2.24, 2.45) is 0 Å². The number of anilines is 1. The van der Waals surface area contributed by atoms with E-state index in [1.807, 2.05) is 28.9 Å². The summed E-state index contributed by atoms with van der Waals surface area (Å²) in [5.41, 5.74) is 1.71. The Labute approximate surface area is 124 Å². The van der Waals surface area contributed by atoms with Gasteiger partial charge in [0.05, 0.1) is 10.9 Å². The average molecular weight is 336 g/mol. The summed E-state index contributed by atoms with van der Waals surface area (Å²) in [6, 6.07) is 7.98. The monoisotopic (exact) mass is 335 g/mol. The van der Waals surface area contributed by atoms with Crippen LogP contribution < -0.4 is 5.32 Å². The first-order valence-electron chi connectivity index (χ1n) is 6.48. The third kappa shape index (κ3) is 2.72. The summed E-state index contributed by atoms with van der Waals surface area (Å²) in [6.45, 7) is 1.79. The molecule has 20 heavy (non-hydrogen) atoms. The second kappa shape index (κ2) is 5.32. The number of hydrogen-bond donors (Lipinski definition) is 1. The summed E-state index contributed by atoms with van der Waals surface area (Å²) in [7, 11) is 0. The summed E-state index contributed by atoms with van der Waals surface area (Å²) in [5.74, 6) is 0.708. The fraction of sp³-hybridized carbons (Fsp3) is 0.385. The molecule has 6 nitrogen and oxygen atoms in total. The van der Waals surface area contributed by atoms with Crippen LogP contribution in [0.15, 0.2) is 24.3 Å². The van der Waals surface area contributed by atoms with Crippen LogP contribution in [0.5, 0.6) is 0 Å². The van der Waals surface area contributed by atoms with Crippen LogP contribution in [0.3, 0.4) is 0 Å². The van der Waals surface area contributed by atoms with Gasteiger partial charge in [0, 0.05) is 11.3 Å². The first kappa shape index (κ1) is 13.2. The lowest BCUT2D eigenvalue weighted by atomic mass is 10.2. The van der Waals surface area contributed by atoms with Crippen molar-refractivity contribution in [3.8, 4) is 11.4 Å². The van der Waals surface area contributed by atoms with Crippen molar-refractivity contribution >= 4 is 27.5 Å². The van der Waals surface area contributed by atoms with Gasteiger partial charge in [-0.05, 0) is 54.5 Å². The number of carbonyl (C=O) groups excluding carboxylic acids is 1. The molecule has 1 N–H and O–H groups in total. The fourth-order valence-electron chi connectivity index (χ4n) is 1.89. The number of aromatic nitrogens is 4. The summed E-state index contributed by atoms with van der Waals surface area (Å²) in [4.78, 5) is 11.4.